The molecule has 0 spiro atoms. The zero-order valence-electron chi connectivity index (χ0n) is 14.3. The molecular weight excluding hydrogens is 310 g/mol. The van der Waals surface area contributed by atoms with Crippen molar-refractivity contribution in [1.29, 1.82) is 0 Å². The number of amides is 1. The molecule has 1 aliphatic heterocycles. The first-order valence-electron chi connectivity index (χ1n) is 8.33. The molecule has 0 bridgehead atoms. The summed E-state index contributed by atoms with van der Waals surface area (Å²) in [5, 5.41) is 10.9. The first kappa shape index (κ1) is 18.2. The number of hydrogen-bond acceptors (Lipinski definition) is 5. The summed E-state index contributed by atoms with van der Waals surface area (Å²) >= 11 is 0. The monoisotopic (exact) mass is 335 g/mol. The van der Waals surface area contributed by atoms with Crippen LogP contribution in [0, 0.1) is 16.0 Å². The second-order valence-electron chi connectivity index (χ2n) is 6.51. The van der Waals surface area contributed by atoms with Crippen LogP contribution < -0.4 is 0 Å². The van der Waals surface area contributed by atoms with Crippen molar-refractivity contribution in [3.63, 3.8) is 0 Å². The van der Waals surface area contributed by atoms with E-state index in [1.54, 1.807) is 17.0 Å². The summed E-state index contributed by atoms with van der Waals surface area (Å²) in [4.78, 5) is 26.5. The Balaban J connectivity index is 1.88. The number of nitro groups is 1. The second kappa shape index (κ2) is 8.63. The van der Waals surface area contributed by atoms with E-state index in [0.29, 0.717) is 32.2 Å². The van der Waals surface area contributed by atoms with E-state index in [0.717, 1.165) is 25.1 Å². The van der Waals surface area contributed by atoms with Crippen LogP contribution in [0.5, 0.6) is 0 Å². The predicted octanol–water partition coefficient (Wildman–Crippen LogP) is 2.90. The summed E-state index contributed by atoms with van der Waals surface area (Å²) in [6, 6.07) is 6.71. The van der Waals surface area contributed by atoms with Crippen molar-refractivity contribution in [2.45, 2.75) is 26.8 Å². The Morgan fingerprint density at radius 3 is 2.79 bits per heavy atom. The summed E-state index contributed by atoms with van der Waals surface area (Å²) < 4.78 is 5.29. The average Bonchev–Trinajstić information content (AvgIpc) is 2.78. The van der Waals surface area contributed by atoms with E-state index in [1.165, 1.54) is 6.07 Å². The van der Waals surface area contributed by atoms with Gasteiger partial charge >= 0.3 is 6.09 Å². The van der Waals surface area contributed by atoms with E-state index in [1.807, 2.05) is 19.9 Å². The molecule has 0 N–H and O–H groups in total. The molecule has 1 aromatic carbocycles. The molecule has 0 atom stereocenters. The van der Waals surface area contributed by atoms with Crippen molar-refractivity contribution in [1.82, 2.24) is 9.80 Å². The lowest BCUT2D eigenvalue weighted by atomic mass is 10.2. The largest absolute Gasteiger partial charge is 0.449 e. The zero-order chi connectivity index (χ0) is 17.5. The molecule has 1 heterocycles. The molecule has 1 saturated heterocycles. The Hall–Kier alpha value is -2.15. The van der Waals surface area contributed by atoms with Gasteiger partial charge in [-0.2, -0.15) is 0 Å². The van der Waals surface area contributed by atoms with Crippen LogP contribution in [0.15, 0.2) is 24.3 Å². The molecule has 1 aliphatic rings. The van der Waals surface area contributed by atoms with E-state index in [4.69, 9.17) is 4.74 Å². The molecule has 0 saturated carbocycles. The Bertz CT molecular complexity index is 577. The molecule has 0 radical (unpaired) electrons. The van der Waals surface area contributed by atoms with Crippen LogP contribution in [0.3, 0.4) is 0 Å². The minimum Gasteiger partial charge on any atom is -0.449 e. The van der Waals surface area contributed by atoms with Gasteiger partial charge in [-0.3, -0.25) is 15.0 Å². The van der Waals surface area contributed by atoms with Crippen LogP contribution in [0.4, 0.5) is 10.5 Å². The van der Waals surface area contributed by atoms with Crippen molar-refractivity contribution in [3.05, 3.63) is 39.9 Å². The summed E-state index contributed by atoms with van der Waals surface area (Å²) in [7, 11) is 0. The molecule has 0 aromatic heterocycles. The molecule has 1 aromatic rings. The van der Waals surface area contributed by atoms with Crippen molar-refractivity contribution in [2.75, 3.05) is 32.8 Å². The van der Waals surface area contributed by atoms with E-state index in [-0.39, 0.29) is 16.7 Å². The van der Waals surface area contributed by atoms with Gasteiger partial charge in [-0.1, -0.05) is 26.0 Å². The molecule has 7 nitrogen and oxygen atoms in total. The molecule has 2 rings (SSSR count). The molecule has 1 fully saturated rings. The van der Waals surface area contributed by atoms with Crippen molar-refractivity contribution >= 4 is 11.8 Å². The normalized spacial score (nSPS) is 16.0. The minimum atomic E-state index is -0.377. The van der Waals surface area contributed by atoms with Gasteiger partial charge in [-0.05, 0) is 17.9 Å². The lowest BCUT2D eigenvalue weighted by Crippen LogP contribution is -2.36. The van der Waals surface area contributed by atoms with Crippen LogP contribution in [0.25, 0.3) is 0 Å². The number of carbonyl (C=O) groups is 1. The number of rotatable bonds is 5. The van der Waals surface area contributed by atoms with E-state index >= 15 is 0 Å². The predicted molar refractivity (Wildman–Crippen MR) is 90.7 cm³/mol. The third-order valence-electron chi connectivity index (χ3n) is 3.91. The Kier molecular flexibility index (Phi) is 6.54. The lowest BCUT2D eigenvalue weighted by molar-refractivity contribution is -0.384. The summed E-state index contributed by atoms with van der Waals surface area (Å²) in [5.74, 6) is 0.325. The number of benzene rings is 1. The number of ether oxygens (including phenoxy) is 1. The van der Waals surface area contributed by atoms with Gasteiger partial charge < -0.3 is 9.64 Å². The lowest BCUT2D eigenvalue weighted by Gasteiger charge is -2.22. The molecule has 1 amide bonds. The van der Waals surface area contributed by atoms with Gasteiger partial charge in [-0.25, -0.2) is 4.79 Å². The summed E-state index contributed by atoms with van der Waals surface area (Å²) in [6.45, 7) is 8.00. The molecule has 24 heavy (non-hydrogen) atoms. The number of hydrogen-bond donors (Lipinski definition) is 0. The van der Waals surface area contributed by atoms with Crippen molar-refractivity contribution < 1.29 is 14.5 Å². The van der Waals surface area contributed by atoms with Gasteiger partial charge in [0.25, 0.3) is 5.69 Å². The smallest absolute Gasteiger partial charge is 0.409 e. The molecular formula is C17H25N3O4. The maximum atomic E-state index is 12.1. The number of non-ortho nitro benzene ring substituents is 1. The summed E-state index contributed by atoms with van der Waals surface area (Å²) in [6.07, 6.45) is 0.618. The van der Waals surface area contributed by atoms with Gasteiger partial charge in [-0.15, -0.1) is 0 Å². The highest BCUT2D eigenvalue weighted by atomic mass is 16.6. The van der Waals surface area contributed by atoms with Gasteiger partial charge in [0, 0.05) is 44.9 Å². The van der Waals surface area contributed by atoms with Gasteiger partial charge in [0.15, 0.2) is 0 Å². The average molecular weight is 335 g/mol. The van der Waals surface area contributed by atoms with Crippen LogP contribution in [-0.4, -0.2) is 53.6 Å². The maximum Gasteiger partial charge on any atom is 0.409 e. The third-order valence-corrected chi connectivity index (χ3v) is 3.91. The Labute approximate surface area is 142 Å². The fourth-order valence-corrected chi connectivity index (χ4v) is 2.67. The van der Waals surface area contributed by atoms with E-state index in [9.17, 15) is 14.9 Å². The fourth-order valence-electron chi connectivity index (χ4n) is 2.67. The second-order valence-corrected chi connectivity index (χ2v) is 6.51. The third kappa shape index (κ3) is 5.49. The molecule has 7 heteroatoms. The quantitative estimate of drug-likeness (QED) is 0.611. The van der Waals surface area contributed by atoms with Gasteiger partial charge in [0.2, 0.25) is 0 Å². The SMILES string of the molecule is CC(C)COC(=O)N1CCCN(Cc2cccc([N+](=O)[O-])c2)CC1. The standard InChI is InChI=1S/C17H25N3O4/c1-14(2)13-24-17(21)19-8-4-7-18(9-10-19)12-15-5-3-6-16(11-15)20(22)23/h3,5-6,11,14H,4,7-10,12-13H2,1-2H3. The highest BCUT2D eigenvalue weighted by Gasteiger charge is 2.20. The molecule has 0 unspecified atom stereocenters. The van der Waals surface area contributed by atoms with Crippen molar-refractivity contribution in [2.24, 2.45) is 5.92 Å². The fraction of sp³-hybridized carbons (Fsp3) is 0.588. The van der Waals surface area contributed by atoms with Crippen LogP contribution in [-0.2, 0) is 11.3 Å². The maximum absolute atomic E-state index is 12.1. The first-order chi connectivity index (χ1) is 11.5. The van der Waals surface area contributed by atoms with Crippen LogP contribution in [0.1, 0.15) is 25.8 Å². The van der Waals surface area contributed by atoms with E-state index < -0.39 is 0 Å². The number of nitrogens with zero attached hydrogens (tertiary/aromatic N) is 3. The van der Waals surface area contributed by atoms with Gasteiger partial charge in [0.05, 0.1) is 11.5 Å². The molecule has 0 aliphatic carbocycles. The van der Waals surface area contributed by atoms with Crippen molar-refractivity contribution in [3.8, 4) is 0 Å². The number of carbonyl (C=O) groups excluding carboxylic acids is 1. The highest BCUT2D eigenvalue weighted by molar-refractivity contribution is 5.67. The topological polar surface area (TPSA) is 75.9 Å². The molecule has 132 valence electrons. The highest BCUT2D eigenvalue weighted by Crippen LogP contribution is 2.16. The first-order valence-corrected chi connectivity index (χ1v) is 8.33. The van der Waals surface area contributed by atoms with Gasteiger partial charge in [0.1, 0.15) is 0 Å². The Morgan fingerprint density at radius 1 is 1.29 bits per heavy atom. The summed E-state index contributed by atoms with van der Waals surface area (Å²) in [5.41, 5.74) is 1.03. The zero-order valence-corrected chi connectivity index (χ0v) is 14.3. The minimum absolute atomic E-state index is 0.112. The van der Waals surface area contributed by atoms with Crippen LogP contribution >= 0.6 is 0 Å². The van der Waals surface area contributed by atoms with Crippen LogP contribution in [0.2, 0.25) is 0 Å². The van der Waals surface area contributed by atoms with E-state index in [2.05, 4.69) is 4.90 Å². The number of nitro benzene ring substituents is 1. The Morgan fingerprint density at radius 2 is 2.08 bits per heavy atom.